The van der Waals surface area contributed by atoms with E-state index in [1.54, 1.807) is 0 Å². The normalized spacial score (nSPS) is 21.5. The Bertz CT molecular complexity index is 647. The molecule has 1 aliphatic heterocycles. The standard InChI is InChI=1S/C17H22N4O/c1-11-3-5-13(6-4-11)15-9-16(21-20-15)17(22)19-14-7-8-18-10-12(14)2/h3-6,9,12,14,18H,7-8,10H2,1-2H3,(H,19,22)(H,20,21). The number of H-pyrrole nitrogens is 1. The van der Waals surface area contributed by atoms with Gasteiger partial charge in [-0.25, -0.2) is 0 Å². The van der Waals surface area contributed by atoms with Gasteiger partial charge < -0.3 is 10.6 Å². The second-order valence-corrected chi connectivity index (χ2v) is 6.08. The summed E-state index contributed by atoms with van der Waals surface area (Å²) < 4.78 is 0. The number of aryl methyl sites for hydroxylation is 1. The molecule has 1 aromatic carbocycles. The zero-order chi connectivity index (χ0) is 15.5. The van der Waals surface area contributed by atoms with Crippen molar-refractivity contribution < 1.29 is 4.79 Å². The minimum Gasteiger partial charge on any atom is -0.348 e. The lowest BCUT2D eigenvalue weighted by atomic mass is 9.95. The number of benzene rings is 1. The fourth-order valence-corrected chi connectivity index (χ4v) is 2.78. The van der Waals surface area contributed by atoms with Gasteiger partial charge in [-0.1, -0.05) is 36.8 Å². The Morgan fingerprint density at radius 1 is 1.32 bits per heavy atom. The molecule has 3 rings (SSSR count). The summed E-state index contributed by atoms with van der Waals surface area (Å²) >= 11 is 0. The molecule has 0 radical (unpaired) electrons. The fraction of sp³-hybridized carbons (Fsp3) is 0.412. The molecule has 2 atom stereocenters. The van der Waals surface area contributed by atoms with E-state index in [2.05, 4.69) is 27.8 Å². The Balaban J connectivity index is 1.70. The van der Waals surface area contributed by atoms with E-state index in [4.69, 9.17) is 0 Å². The molecular formula is C17H22N4O. The summed E-state index contributed by atoms with van der Waals surface area (Å²) in [5, 5.41) is 13.5. The highest BCUT2D eigenvalue weighted by atomic mass is 16.2. The van der Waals surface area contributed by atoms with Crippen LogP contribution >= 0.6 is 0 Å². The van der Waals surface area contributed by atoms with Crippen LogP contribution in [0.5, 0.6) is 0 Å². The molecule has 3 N–H and O–H groups in total. The Morgan fingerprint density at radius 3 is 2.82 bits per heavy atom. The van der Waals surface area contributed by atoms with Crippen LogP contribution in [0, 0.1) is 12.8 Å². The molecule has 1 fully saturated rings. The summed E-state index contributed by atoms with van der Waals surface area (Å²) in [5.74, 6) is 0.363. The van der Waals surface area contributed by atoms with Gasteiger partial charge in [0.25, 0.3) is 5.91 Å². The molecular weight excluding hydrogens is 276 g/mol. The van der Waals surface area contributed by atoms with E-state index in [0.717, 1.165) is 30.8 Å². The molecule has 2 heterocycles. The second-order valence-electron chi connectivity index (χ2n) is 6.08. The lowest BCUT2D eigenvalue weighted by Crippen LogP contribution is -2.48. The van der Waals surface area contributed by atoms with Crippen molar-refractivity contribution in [2.24, 2.45) is 5.92 Å². The van der Waals surface area contributed by atoms with Crippen LogP contribution in [0.3, 0.4) is 0 Å². The third-order valence-electron chi connectivity index (χ3n) is 4.27. The van der Waals surface area contributed by atoms with Crippen LogP contribution in [0.15, 0.2) is 30.3 Å². The first kappa shape index (κ1) is 14.8. The number of rotatable bonds is 3. The van der Waals surface area contributed by atoms with Crippen molar-refractivity contribution in [3.63, 3.8) is 0 Å². The maximum Gasteiger partial charge on any atom is 0.269 e. The molecule has 1 aromatic heterocycles. The Labute approximate surface area is 130 Å². The van der Waals surface area contributed by atoms with Gasteiger partial charge in [-0.05, 0) is 38.4 Å². The van der Waals surface area contributed by atoms with Crippen LogP contribution in [0.1, 0.15) is 29.4 Å². The number of amides is 1. The Morgan fingerprint density at radius 2 is 2.09 bits per heavy atom. The number of aromatic nitrogens is 2. The van der Waals surface area contributed by atoms with Crippen molar-refractivity contribution >= 4 is 5.91 Å². The zero-order valence-corrected chi connectivity index (χ0v) is 13.0. The highest BCUT2D eigenvalue weighted by Gasteiger charge is 2.23. The van der Waals surface area contributed by atoms with Gasteiger partial charge in [0, 0.05) is 11.6 Å². The van der Waals surface area contributed by atoms with Crippen LogP contribution in [0.4, 0.5) is 0 Å². The number of hydrogen-bond donors (Lipinski definition) is 3. The number of hydrogen-bond acceptors (Lipinski definition) is 3. The predicted octanol–water partition coefficient (Wildman–Crippen LogP) is 2.11. The highest BCUT2D eigenvalue weighted by Crippen LogP contribution is 2.18. The quantitative estimate of drug-likeness (QED) is 0.813. The zero-order valence-electron chi connectivity index (χ0n) is 13.0. The van der Waals surface area contributed by atoms with Crippen LogP contribution in [0.2, 0.25) is 0 Å². The lowest BCUT2D eigenvalue weighted by molar-refractivity contribution is 0.0909. The molecule has 2 aromatic rings. The maximum atomic E-state index is 12.4. The third kappa shape index (κ3) is 3.20. The second kappa shape index (κ2) is 6.32. The van der Waals surface area contributed by atoms with Gasteiger partial charge in [0.05, 0.1) is 5.69 Å². The van der Waals surface area contributed by atoms with Crippen molar-refractivity contribution in [2.75, 3.05) is 13.1 Å². The first-order valence-electron chi connectivity index (χ1n) is 7.77. The van der Waals surface area contributed by atoms with Gasteiger partial charge in [0.1, 0.15) is 5.69 Å². The number of carbonyl (C=O) groups excluding carboxylic acids is 1. The van der Waals surface area contributed by atoms with Crippen LogP contribution < -0.4 is 10.6 Å². The summed E-state index contributed by atoms with van der Waals surface area (Å²) in [6, 6.07) is 10.1. The predicted molar refractivity (Wildman–Crippen MR) is 86.7 cm³/mol. The molecule has 5 nitrogen and oxygen atoms in total. The summed E-state index contributed by atoms with van der Waals surface area (Å²) in [6.07, 6.45) is 0.964. The summed E-state index contributed by atoms with van der Waals surface area (Å²) in [7, 11) is 0. The number of carbonyl (C=O) groups is 1. The topological polar surface area (TPSA) is 69.8 Å². The monoisotopic (exact) mass is 298 g/mol. The van der Waals surface area contributed by atoms with Gasteiger partial charge in [0.2, 0.25) is 0 Å². The third-order valence-corrected chi connectivity index (χ3v) is 4.27. The maximum absolute atomic E-state index is 12.4. The Kier molecular flexibility index (Phi) is 4.24. The SMILES string of the molecule is Cc1ccc(-c2cc(C(=O)NC3CCNCC3C)[nH]n2)cc1. The summed E-state index contributed by atoms with van der Waals surface area (Å²) in [5.41, 5.74) is 3.53. The van der Waals surface area contributed by atoms with E-state index in [1.807, 2.05) is 37.3 Å². The molecule has 5 heteroatoms. The van der Waals surface area contributed by atoms with Crippen molar-refractivity contribution in [3.05, 3.63) is 41.6 Å². The van der Waals surface area contributed by atoms with E-state index >= 15 is 0 Å². The van der Waals surface area contributed by atoms with E-state index in [0.29, 0.717) is 11.6 Å². The highest BCUT2D eigenvalue weighted by molar-refractivity contribution is 5.93. The van der Waals surface area contributed by atoms with Crippen molar-refractivity contribution in [1.82, 2.24) is 20.8 Å². The van der Waals surface area contributed by atoms with Crippen LogP contribution in [0.25, 0.3) is 11.3 Å². The molecule has 2 unspecified atom stereocenters. The lowest BCUT2D eigenvalue weighted by Gasteiger charge is -2.29. The number of nitrogens with one attached hydrogen (secondary N) is 3. The van der Waals surface area contributed by atoms with Crippen LogP contribution in [-0.4, -0.2) is 35.2 Å². The summed E-state index contributed by atoms with van der Waals surface area (Å²) in [4.78, 5) is 12.4. The molecule has 116 valence electrons. The van der Waals surface area contributed by atoms with E-state index in [1.165, 1.54) is 5.56 Å². The van der Waals surface area contributed by atoms with Gasteiger partial charge in [-0.2, -0.15) is 5.10 Å². The molecule has 0 aliphatic carbocycles. The number of piperidine rings is 1. The van der Waals surface area contributed by atoms with Crippen molar-refractivity contribution in [2.45, 2.75) is 26.3 Å². The molecule has 0 saturated carbocycles. The minimum absolute atomic E-state index is 0.0791. The first-order valence-corrected chi connectivity index (χ1v) is 7.77. The number of nitrogens with zero attached hydrogens (tertiary/aromatic N) is 1. The molecule has 0 spiro atoms. The van der Waals surface area contributed by atoms with E-state index in [9.17, 15) is 4.79 Å². The van der Waals surface area contributed by atoms with E-state index < -0.39 is 0 Å². The smallest absolute Gasteiger partial charge is 0.269 e. The van der Waals surface area contributed by atoms with Crippen LogP contribution in [-0.2, 0) is 0 Å². The van der Waals surface area contributed by atoms with Crippen molar-refractivity contribution in [3.8, 4) is 11.3 Å². The van der Waals surface area contributed by atoms with Gasteiger partial charge >= 0.3 is 0 Å². The van der Waals surface area contributed by atoms with Gasteiger partial charge in [-0.3, -0.25) is 9.89 Å². The van der Waals surface area contributed by atoms with E-state index in [-0.39, 0.29) is 11.9 Å². The summed E-state index contributed by atoms with van der Waals surface area (Å²) in [6.45, 7) is 6.10. The largest absolute Gasteiger partial charge is 0.348 e. The number of aromatic amines is 1. The van der Waals surface area contributed by atoms with Gasteiger partial charge in [-0.15, -0.1) is 0 Å². The first-order chi connectivity index (χ1) is 10.6. The average molecular weight is 298 g/mol. The molecule has 1 saturated heterocycles. The fourth-order valence-electron chi connectivity index (χ4n) is 2.78. The molecule has 22 heavy (non-hydrogen) atoms. The molecule has 0 bridgehead atoms. The van der Waals surface area contributed by atoms with Crippen molar-refractivity contribution in [1.29, 1.82) is 0 Å². The molecule has 1 amide bonds. The van der Waals surface area contributed by atoms with Gasteiger partial charge in [0.15, 0.2) is 0 Å². The Hall–Kier alpha value is -2.14. The molecule has 1 aliphatic rings. The minimum atomic E-state index is -0.0791. The average Bonchev–Trinajstić information content (AvgIpc) is 3.00.